The Morgan fingerprint density at radius 2 is 2.00 bits per heavy atom. The van der Waals surface area contributed by atoms with E-state index in [1.54, 1.807) is 32.9 Å². The number of aryl methyl sites for hydroxylation is 1. The zero-order valence-corrected chi connectivity index (χ0v) is 12.4. The summed E-state index contributed by atoms with van der Waals surface area (Å²) >= 11 is 0. The summed E-state index contributed by atoms with van der Waals surface area (Å²) in [4.78, 5) is 0.197. The van der Waals surface area contributed by atoms with Crippen molar-refractivity contribution in [2.75, 3.05) is 11.5 Å². The second-order valence-corrected chi connectivity index (χ2v) is 7.48. The van der Waals surface area contributed by atoms with Crippen LogP contribution in [0, 0.1) is 23.7 Å². The molecule has 0 radical (unpaired) electrons. The van der Waals surface area contributed by atoms with Gasteiger partial charge >= 0.3 is 0 Å². The smallest absolute Gasteiger partial charge is 0.180 e. The van der Waals surface area contributed by atoms with E-state index in [1.807, 2.05) is 0 Å². The molecule has 0 fully saturated rings. The largest absolute Gasteiger partial charge is 0.397 e. The van der Waals surface area contributed by atoms with Crippen LogP contribution in [0.1, 0.15) is 32.3 Å². The number of para-hydroxylation sites is 1. The Hall–Kier alpha value is -1.54. The van der Waals surface area contributed by atoms with Crippen LogP contribution in [-0.2, 0) is 9.84 Å². The second-order valence-electron chi connectivity index (χ2n) is 5.40. The average Bonchev–Trinajstić information content (AvgIpc) is 2.32. The number of nitrogen functional groups attached to an aromatic ring is 1. The lowest BCUT2D eigenvalue weighted by Gasteiger charge is -2.15. The first kappa shape index (κ1) is 15.5. The molecule has 0 amide bonds. The molecule has 4 nitrogen and oxygen atoms in total. The van der Waals surface area contributed by atoms with E-state index in [4.69, 9.17) is 11.0 Å². The highest BCUT2D eigenvalue weighted by Crippen LogP contribution is 2.26. The van der Waals surface area contributed by atoms with E-state index in [0.717, 1.165) is 5.56 Å². The molecule has 19 heavy (non-hydrogen) atoms. The van der Waals surface area contributed by atoms with Gasteiger partial charge in [0.25, 0.3) is 0 Å². The number of nitrogens with zero attached hydrogens (tertiary/aromatic N) is 1. The highest BCUT2D eigenvalue weighted by Gasteiger charge is 2.21. The highest BCUT2D eigenvalue weighted by molar-refractivity contribution is 7.91. The maximum atomic E-state index is 12.2. The highest BCUT2D eigenvalue weighted by atomic mass is 32.2. The summed E-state index contributed by atoms with van der Waals surface area (Å²) in [5.74, 6) is 0.0196. The number of nitriles is 1. The Kier molecular flexibility index (Phi) is 4.59. The van der Waals surface area contributed by atoms with Crippen molar-refractivity contribution >= 4 is 15.5 Å². The molecule has 0 unspecified atom stereocenters. The number of rotatable bonds is 5. The van der Waals surface area contributed by atoms with E-state index in [-0.39, 0.29) is 10.6 Å². The number of hydrogen-bond donors (Lipinski definition) is 1. The van der Waals surface area contributed by atoms with Gasteiger partial charge < -0.3 is 5.73 Å². The number of sulfone groups is 1. The van der Waals surface area contributed by atoms with E-state index in [1.165, 1.54) is 6.07 Å². The predicted octanol–water partition coefficient (Wildman–Crippen LogP) is 2.68. The summed E-state index contributed by atoms with van der Waals surface area (Å²) in [6.07, 6.45) is 1.00. The molecule has 0 bridgehead atoms. The van der Waals surface area contributed by atoms with Crippen molar-refractivity contribution in [3.63, 3.8) is 0 Å². The fourth-order valence-corrected chi connectivity index (χ4v) is 3.32. The van der Waals surface area contributed by atoms with Gasteiger partial charge in [-0.25, -0.2) is 8.42 Å². The van der Waals surface area contributed by atoms with Crippen molar-refractivity contribution in [2.24, 2.45) is 5.41 Å². The average molecular weight is 280 g/mol. The minimum atomic E-state index is -3.38. The van der Waals surface area contributed by atoms with Gasteiger partial charge in [-0.15, -0.1) is 0 Å². The van der Waals surface area contributed by atoms with Crippen LogP contribution in [0.3, 0.4) is 0 Å². The van der Waals surface area contributed by atoms with Crippen LogP contribution in [0.5, 0.6) is 0 Å². The Morgan fingerprint density at radius 3 is 2.58 bits per heavy atom. The molecule has 0 atom stereocenters. The van der Waals surface area contributed by atoms with Gasteiger partial charge in [0.05, 0.1) is 27.8 Å². The normalized spacial score (nSPS) is 12.1. The molecule has 104 valence electrons. The molecule has 0 aliphatic rings. The first-order chi connectivity index (χ1) is 8.69. The number of anilines is 1. The van der Waals surface area contributed by atoms with Crippen molar-refractivity contribution in [3.05, 3.63) is 23.8 Å². The van der Waals surface area contributed by atoms with Crippen LogP contribution in [0.15, 0.2) is 23.1 Å². The van der Waals surface area contributed by atoms with Gasteiger partial charge in [-0.3, -0.25) is 0 Å². The predicted molar refractivity (Wildman–Crippen MR) is 76.3 cm³/mol. The van der Waals surface area contributed by atoms with E-state index in [2.05, 4.69) is 6.07 Å². The molecular weight excluding hydrogens is 260 g/mol. The minimum Gasteiger partial charge on any atom is -0.397 e. The zero-order chi connectivity index (χ0) is 14.7. The van der Waals surface area contributed by atoms with E-state index in [9.17, 15) is 8.42 Å². The van der Waals surface area contributed by atoms with Crippen LogP contribution < -0.4 is 5.73 Å². The molecule has 0 aromatic heterocycles. The lowest BCUT2D eigenvalue weighted by atomic mass is 9.90. The van der Waals surface area contributed by atoms with Gasteiger partial charge in [-0.1, -0.05) is 12.1 Å². The van der Waals surface area contributed by atoms with E-state index >= 15 is 0 Å². The summed E-state index contributed by atoms with van der Waals surface area (Å²) in [7, 11) is -3.38. The maximum Gasteiger partial charge on any atom is 0.180 e. The number of nitrogens with two attached hydrogens (primary N) is 1. The van der Waals surface area contributed by atoms with Crippen molar-refractivity contribution in [2.45, 2.75) is 38.5 Å². The Morgan fingerprint density at radius 1 is 1.37 bits per heavy atom. The monoisotopic (exact) mass is 280 g/mol. The molecule has 0 spiro atoms. The fourth-order valence-electron chi connectivity index (χ4n) is 1.79. The third kappa shape index (κ3) is 3.97. The molecule has 0 aliphatic heterocycles. The van der Waals surface area contributed by atoms with Crippen molar-refractivity contribution < 1.29 is 8.42 Å². The SMILES string of the molecule is Cc1cccc(S(=O)(=O)CCCC(C)(C)C#N)c1N. The van der Waals surface area contributed by atoms with Crippen LogP contribution in [0.2, 0.25) is 0 Å². The van der Waals surface area contributed by atoms with Gasteiger partial charge in [0, 0.05) is 0 Å². The van der Waals surface area contributed by atoms with Gasteiger partial charge in [0.2, 0.25) is 0 Å². The molecule has 5 heteroatoms. The van der Waals surface area contributed by atoms with Gasteiger partial charge in [0.1, 0.15) is 0 Å². The quantitative estimate of drug-likeness (QED) is 0.840. The molecule has 0 heterocycles. The molecule has 0 saturated heterocycles. The van der Waals surface area contributed by atoms with Crippen molar-refractivity contribution in [1.82, 2.24) is 0 Å². The lowest BCUT2D eigenvalue weighted by molar-refractivity contribution is 0.445. The van der Waals surface area contributed by atoms with Crippen molar-refractivity contribution in [1.29, 1.82) is 5.26 Å². The Balaban J connectivity index is 2.84. The van der Waals surface area contributed by atoms with Gasteiger partial charge in [-0.2, -0.15) is 5.26 Å². The van der Waals surface area contributed by atoms with Gasteiger partial charge in [-0.05, 0) is 45.2 Å². The van der Waals surface area contributed by atoms with Crippen LogP contribution in [-0.4, -0.2) is 14.2 Å². The van der Waals surface area contributed by atoms with Crippen LogP contribution in [0.4, 0.5) is 5.69 Å². The fraction of sp³-hybridized carbons (Fsp3) is 0.500. The van der Waals surface area contributed by atoms with E-state index < -0.39 is 15.3 Å². The first-order valence-corrected chi connectivity index (χ1v) is 7.84. The van der Waals surface area contributed by atoms with Crippen LogP contribution in [0.25, 0.3) is 0 Å². The standard InChI is InChI=1S/C14H20N2O2S/c1-11-6-4-7-12(13(11)16)19(17,18)9-5-8-14(2,3)10-15/h4,6-7H,5,8-9,16H2,1-3H3. The minimum absolute atomic E-state index is 0.0196. The van der Waals surface area contributed by atoms with Crippen LogP contribution >= 0.6 is 0 Å². The summed E-state index contributed by atoms with van der Waals surface area (Å²) in [6.45, 7) is 5.40. The molecule has 0 saturated carbocycles. The third-order valence-electron chi connectivity index (χ3n) is 3.14. The summed E-state index contributed by atoms with van der Waals surface area (Å²) in [5, 5.41) is 8.90. The zero-order valence-electron chi connectivity index (χ0n) is 11.6. The summed E-state index contributed by atoms with van der Waals surface area (Å²) in [5.41, 5.74) is 6.41. The molecule has 1 rings (SSSR count). The second kappa shape index (κ2) is 5.62. The molecule has 0 aliphatic carbocycles. The lowest BCUT2D eigenvalue weighted by Crippen LogP contribution is -2.14. The summed E-state index contributed by atoms with van der Waals surface area (Å²) < 4.78 is 24.4. The van der Waals surface area contributed by atoms with E-state index in [0.29, 0.717) is 18.5 Å². The van der Waals surface area contributed by atoms with Crippen molar-refractivity contribution in [3.8, 4) is 6.07 Å². The Labute approximate surface area is 115 Å². The molecule has 2 N–H and O–H groups in total. The molecule has 1 aromatic rings. The number of hydrogen-bond acceptors (Lipinski definition) is 4. The summed E-state index contributed by atoms with van der Waals surface area (Å²) in [6, 6.07) is 7.18. The maximum absolute atomic E-state index is 12.2. The first-order valence-electron chi connectivity index (χ1n) is 6.19. The third-order valence-corrected chi connectivity index (χ3v) is 4.99. The molecule has 1 aromatic carbocycles. The molecular formula is C14H20N2O2S. The Bertz CT molecular complexity index is 598. The van der Waals surface area contributed by atoms with Gasteiger partial charge in [0.15, 0.2) is 9.84 Å². The number of benzene rings is 1. The topological polar surface area (TPSA) is 84.0 Å².